The molecule has 0 aromatic heterocycles. The van der Waals surface area contributed by atoms with Crippen LogP contribution in [0.5, 0.6) is 0 Å². The summed E-state index contributed by atoms with van der Waals surface area (Å²) in [4.78, 5) is 12.2. The highest BCUT2D eigenvalue weighted by molar-refractivity contribution is 6.09. The fourth-order valence-electron chi connectivity index (χ4n) is 1.89. The molecule has 2 aromatic rings. The third-order valence-electron chi connectivity index (χ3n) is 3.18. The predicted octanol–water partition coefficient (Wildman–Crippen LogP) is 4.58. The van der Waals surface area contributed by atoms with Gasteiger partial charge in [0, 0.05) is 11.1 Å². The van der Waals surface area contributed by atoms with Crippen LogP contribution in [0.15, 0.2) is 54.6 Å². The van der Waals surface area contributed by atoms with Crippen molar-refractivity contribution >= 4 is 5.78 Å². The van der Waals surface area contributed by atoms with E-state index in [-0.39, 0.29) is 16.9 Å². The van der Waals surface area contributed by atoms with Gasteiger partial charge in [0.2, 0.25) is 0 Å². The molecule has 0 saturated heterocycles. The molecule has 0 bridgehead atoms. The fraction of sp³-hybridized carbons (Fsp3) is 0.188. The Labute approximate surface area is 115 Å². The van der Waals surface area contributed by atoms with Gasteiger partial charge in [-0.1, -0.05) is 48.5 Å². The zero-order valence-corrected chi connectivity index (χ0v) is 10.8. The maximum absolute atomic E-state index is 12.7. The Kier molecular flexibility index (Phi) is 3.93. The Hall–Kier alpha value is -2.10. The first-order chi connectivity index (χ1) is 9.39. The number of carbonyl (C=O) groups is 1. The van der Waals surface area contributed by atoms with Gasteiger partial charge in [-0.05, 0) is 18.6 Å². The average Bonchev–Trinajstić information content (AvgIpc) is 2.46. The quantitative estimate of drug-likeness (QED) is 0.751. The van der Waals surface area contributed by atoms with Crippen LogP contribution in [0.2, 0.25) is 0 Å². The molecule has 0 aliphatic carbocycles. The summed E-state index contributed by atoms with van der Waals surface area (Å²) in [5.41, 5.74) is 0.827. The fourth-order valence-corrected chi connectivity index (χ4v) is 1.89. The van der Waals surface area contributed by atoms with Crippen LogP contribution in [-0.2, 0) is 0 Å². The molecule has 0 heterocycles. The maximum Gasteiger partial charge on any atom is 0.395 e. The number of halogens is 3. The Morgan fingerprint density at radius 3 is 2.15 bits per heavy atom. The van der Waals surface area contributed by atoms with E-state index < -0.39 is 12.1 Å². The van der Waals surface area contributed by atoms with Crippen molar-refractivity contribution in [2.45, 2.75) is 19.0 Å². The lowest BCUT2D eigenvalue weighted by Crippen LogP contribution is -2.18. The van der Waals surface area contributed by atoms with Crippen LogP contribution in [-0.4, -0.2) is 12.0 Å². The first-order valence-electron chi connectivity index (χ1n) is 6.16. The van der Waals surface area contributed by atoms with Crippen molar-refractivity contribution in [2.24, 2.45) is 0 Å². The molecule has 1 nitrogen and oxygen atoms in total. The van der Waals surface area contributed by atoms with E-state index in [1.807, 2.05) is 0 Å². The van der Waals surface area contributed by atoms with Gasteiger partial charge in [0.15, 0.2) is 5.78 Å². The van der Waals surface area contributed by atoms with Crippen LogP contribution < -0.4 is 0 Å². The van der Waals surface area contributed by atoms with Crippen LogP contribution >= 0.6 is 0 Å². The molecule has 0 fully saturated rings. The highest BCUT2D eigenvalue weighted by atomic mass is 19.4. The molecule has 2 aromatic carbocycles. The number of alkyl halides is 3. The Morgan fingerprint density at radius 2 is 1.55 bits per heavy atom. The zero-order chi connectivity index (χ0) is 14.8. The largest absolute Gasteiger partial charge is 0.395 e. The van der Waals surface area contributed by atoms with Gasteiger partial charge < -0.3 is 0 Å². The van der Waals surface area contributed by atoms with Gasteiger partial charge in [-0.25, -0.2) is 0 Å². The number of rotatable bonds is 3. The summed E-state index contributed by atoms with van der Waals surface area (Å²) >= 11 is 0. The molecule has 20 heavy (non-hydrogen) atoms. The standard InChI is InChI=1S/C16H13F3O/c1-11(16(17,18)19)13-8-5-9-14(10-13)15(20)12-6-3-2-4-7-12/h2-11H,1H3. The summed E-state index contributed by atoms with van der Waals surface area (Å²) in [5.74, 6) is -1.87. The van der Waals surface area contributed by atoms with Crippen molar-refractivity contribution in [3.05, 3.63) is 71.3 Å². The van der Waals surface area contributed by atoms with E-state index in [0.29, 0.717) is 5.56 Å². The third-order valence-corrected chi connectivity index (χ3v) is 3.18. The van der Waals surface area contributed by atoms with Gasteiger partial charge in [-0.15, -0.1) is 0 Å². The molecule has 4 heteroatoms. The highest BCUT2D eigenvalue weighted by Crippen LogP contribution is 2.34. The first-order valence-corrected chi connectivity index (χ1v) is 6.16. The molecule has 0 amide bonds. The SMILES string of the molecule is CC(c1cccc(C(=O)c2ccccc2)c1)C(F)(F)F. The minimum absolute atomic E-state index is 0.0966. The second-order valence-electron chi connectivity index (χ2n) is 4.58. The summed E-state index contributed by atoms with van der Waals surface area (Å²) in [5, 5.41) is 0. The minimum Gasteiger partial charge on any atom is -0.289 e. The van der Waals surface area contributed by atoms with E-state index >= 15 is 0 Å². The lowest BCUT2D eigenvalue weighted by molar-refractivity contribution is -0.146. The number of benzene rings is 2. The van der Waals surface area contributed by atoms with Crippen molar-refractivity contribution in [2.75, 3.05) is 0 Å². The minimum atomic E-state index is -4.31. The lowest BCUT2D eigenvalue weighted by Gasteiger charge is -2.16. The number of ketones is 1. The molecule has 0 aliphatic rings. The molecule has 2 rings (SSSR count). The van der Waals surface area contributed by atoms with Crippen molar-refractivity contribution in [1.82, 2.24) is 0 Å². The average molecular weight is 278 g/mol. The summed E-state index contributed by atoms with van der Waals surface area (Å²) in [6, 6.07) is 14.2. The van der Waals surface area contributed by atoms with Gasteiger partial charge in [0.05, 0.1) is 5.92 Å². The summed E-state index contributed by atoms with van der Waals surface area (Å²) in [6.07, 6.45) is -4.31. The second-order valence-corrected chi connectivity index (χ2v) is 4.58. The molecule has 1 atom stereocenters. The Bertz CT molecular complexity index is 603. The Balaban J connectivity index is 2.34. The summed E-state index contributed by atoms with van der Waals surface area (Å²) in [6.45, 7) is 1.09. The van der Waals surface area contributed by atoms with Gasteiger partial charge in [-0.2, -0.15) is 13.2 Å². The number of carbonyl (C=O) groups excluding carboxylic acids is 1. The molecule has 104 valence electrons. The molecular weight excluding hydrogens is 265 g/mol. The summed E-state index contributed by atoms with van der Waals surface area (Å²) in [7, 11) is 0. The van der Waals surface area contributed by atoms with Crippen LogP contribution in [0.25, 0.3) is 0 Å². The summed E-state index contributed by atoms with van der Waals surface area (Å²) < 4.78 is 38.1. The Morgan fingerprint density at radius 1 is 0.950 bits per heavy atom. The monoisotopic (exact) mass is 278 g/mol. The molecule has 0 aliphatic heterocycles. The maximum atomic E-state index is 12.7. The van der Waals surface area contributed by atoms with E-state index in [0.717, 1.165) is 6.92 Å². The molecule has 0 saturated carbocycles. The topological polar surface area (TPSA) is 17.1 Å². The van der Waals surface area contributed by atoms with E-state index in [2.05, 4.69) is 0 Å². The van der Waals surface area contributed by atoms with Gasteiger partial charge in [-0.3, -0.25) is 4.79 Å². The number of hydrogen-bond donors (Lipinski definition) is 0. The van der Waals surface area contributed by atoms with Crippen molar-refractivity contribution < 1.29 is 18.0 Å². The van der Waals surface area contributed by atoms with E-state index in [1.165, 1.54) is 24.3 Å². The van der Waals surface area contributed by atoms with E-state index in [4.69, 9.17) is 0 Å². The number of hydrogen-bond acceptors (Lipinski definition) is 1. The van der Waals surface area contributed by atoms with Crippen LogP contribution in [0.1, 0.15) is 34.3 Å². The highest BCUT2D eigenvalue weighted by Gasteiger charge is 2.37. The zero-order valence-electron chi connectivity index (χ0n) is 10.8. The van der Waals surface area contributed by atoms with Crippen molar-refractivity contribution in [3.8, 4) is 0 Å². The molecule has 0 spiro atoms. The normalized spacial score (nSPS) is 13.0. The van der Waals surface area contributed by atoms with Crippen molar-refractivity contribution in [1.29, 1.82) is 0 Å². The smallest absolute Gasteiger partial charge is 0.289 e. The van der Waals surface area contributed by atoms with Gasteiger partial charge in [0.1, 0.15) is 0 Å². The van der Waals surface area contributed by atoms with Crippen LogP contribution in [0.4, 0.5) is 13.2 Å². The first kappa shape index (κ1) is 14.3. The van der Waals surface area contributed by atoms with E-state index in [1.54, 1.807) is 30.3 Å². The van der Waals surface area contributed by atoms with Gasteiger partial charge in [0.25, 0.3) is 0 Å². The van der Waals surface area contributed by atoms with E-state index in [9.17, 15) is 18.0 Å². The molecular formula is C16H13F3O. The predicted molar refractivity (Wildman–Crippen MR) is 70.8 cm³/mol. The third kappa shape index (κ3) is 3.07. The van der Waals surface area contributed by atoms with Crippen LogP contribution in [0.3, 0.4) is 0 Å². The molecule has 0 N–H and O–H groups in total. The van der Waals surface area contributed by atoms with Gasteiger partial charge >= 0.3 is 6.18 Å². The van der Waals surface area contributed by atoms with Crippen LogP contribution in [0, 0.1) is 0 Å². The molecule has 1 unspecified atom stereocenters. The van der Waals surface area contributed by atoms with Crippen molar-refractivity contribution in [3.63, 3.8) is 0 Å². The lowest BCUT2D eigenvalue weighted by atomic mass is 9.95. The molecule has 0 radical (unpaired) electrons. The second kappa shape index (κ2) is 5.49.